The minimum Gasteiger partial charge on any atom is -0.232 e. The molecule has 0 atom stereocenters. The number of rotatable bonds is 1. The van der Waals surface area contributed by atoms with E-state index in [9.17, 15) is 0 Å². The van der Waals surface area contributed by atoms with Crippen molar-refractivity contribution in [3.63, 3.8) is 0 Å². The first-order valence-electron chi connectivity index (χ1n) is 6.46. The van der Waals surface area contributed by atoms with Gasteiger partial charge in [0.1, 0.15) is 13.2 Å². The average Bonchev–Trinajstić information content (AvgIpc) is 3.00. The number of thiophene rings is 2. The summed E-state index contributed by atoms with van der Waals surface area (Å²) in [6.45, 7) is 2.15. The summed E-state index contributed by atoms with van der Waals surface area (Å²) in [5.74, 6) is 0. The Morgan fingerprint density at radius 3 is 2.85 bits per heavy atom. The van der Waals surface area contributed by atoms with Gasteiger partial charge >= 0.3 is 0 Å². The van der Waals surface area contributed by atoms with Crippen molar-refractivity contribution in [3.05, 3.63) is 47.5 Å². The molecule has 3 aromatic heterocycles. The van der Waals surface area contributed by atoms with Gasteiger partial charge in [0, 0.05) is 0 Å². The zero-order chi connectivity index (χ0) is 13.7. The van der Waals surface area contributed by atoms with E-state index in [1.54, 1.807) is 22.7 Å². The van der Waals surface area contributed by atoms with E-state index >= 15 is 0 Å². The van der Waals surface area contributed by atoms with Crippen molar-refractivity contribution >= 4 is 42.4 Å². The highest BCUT2D eigenvalue weighted by Gasteiger charge is 2.21. The fourth-order valence-corrected chi connectivity index (χ4v) is 4.76. The second-order valence-corrected chi connectivity index (χ2v) is 7.07. The molecule has 0 spiro atoms. The van der Waals surface area contributed by atoms with Gasteiger partial charge in [0.05, 0.1) is 15.0 Å². The largest absolute Gasteiger partial charge is 0.251 e. The van der Waals surface area contributed by atoms with Crippen molar-refractivity contribution in [3.8, 4) is 11.3 Å². The third-order valence-electron chi connectivity index (χ3n) is 3.70. The van der Waals surface area contributed by atoms with Crippen LogP contribution in [0.15, 0.2) is 41.9 Å². The number of aryl methyl sites for hydroxylation is 2. The van der Waals surface area contributed by atoms with Crippen LogP contribution in [-0.2, 0) is 7.05 Å². The Morgan fingerprint density at radius 2 is 2.00 bits per heavy atom. The minimum absolute atomic E-state index is 1.12. The fraction of sp³-hybridized carbons (Fsp3) is 0.125. The summed E-state index contributed by atoms with van der Waals surface area (Å²) in [5, 5.41) is 3.47. The van der Waals surface area contributed by atoms with E-state index in [0.717, 1.165) is 4.83 Å². The number of nitrogens with zero attached hydrogens (tertiary/aromatic N) is 2. The Morgan fingerprint density at radius 1 is 1.15 bits per heavy atom. The van der Waals surface area contributed by atoms with Crippen LogP contribution in [0, 0.1) is 6.92 Å². The van der Waals surface area contributed by atoms with E-state index in [2.05, 4.69) is 59.2 Å². The van der Waals surface area contributed by atoms with E-state index < -0.39 is 0 Å². The Balaban J connectivity index is 2.10. The highest BCUT2D eigenvalue weighted by Crippen LogP contribution is 2.35. The number of hydrogen-bond acceptors (Lipinski definition) is 3. The molecule has 0 N–H and O–H groups in total. The summed E-state index contributed by atoms with van der Waals surface area (Å²) < 4.78 is 3.63. The molecule has 1 aromatic carbocycles. The molecule has 2 nitrogen and oxygen atoms in total. The van der Waals surface area contributed by atoms with Crippen molar-refractivity contribution in [1.29, 1.82) is 0 Å². The quantitative estimate of drug-likeness (QED) is 0.478. The minimum atomic E-state index is 1.12. The van der Waals surface area contributed by atoms with Crippen LogP contribution in [0.2, 0.25) is 0 Å². The first-order valence-corrected chi connectivity index (χ1v) is 8.16. The third-order valence-corrected chi connectivity index (χ3v) is 5.84. The molecule has 0 fully saturated rings. The van der Waals surface area contributed by atoms with Crippen molar-refractivity contribution in [2.24, 2.45) is 7.05 Å². The summed E-state index contributed by atoms with van der Waals surface area (Å²) in [5.41, 5.74) is 4.94. The molecule has 4 rings (SSSR count). The van der Waals surface area contributed by atoms with Gasteiger partial charge in [0.2, 0.25) is 5.69 Å². The van der Waals surface area contributed by atoms with Crippen LogP contribution in [0.3, 0.4) is 0 Å². The predicted molar refractivity (Wildman–Crippen MR) is 86.4 cm³/mol. The van der Waals surface area contributed by atoms with Gasteiger partial charge in [0.25, 0.3) is 5.52 Å². The first-order chi connectivity index (χ1) is 9.75. The molecule has 0 radical (unpaired) electrons. The lowest BCUT2D eigenvalue weighted by atomic mass is 10.1. The fourth-order valence-electron chi connectivity index (χ4n) is 2.65. The van der Waals surface area contributed by atoms with Crippen molar-refractivity contribution in [2.75, 3.05) is 0 Å². The van der Waals surface area contributed by atoms with Gasteiger partial charge in [-0.25, -0.2) is 4.98 Å². The second-order valence-electron chi connectivity index (χ2n) is 4.89. The first kappa shape index (κ1) is 12.0. The summed E-state index contributed by atoms with van der Waals surface area (Å²) in [6, 6.07) is 10.7. The van der Waals surface area contributed by atoms with E-state index in [1.807, 2.05) is 6.20 Å². The summed E-state index contributed by atoms with van der Waals surface area (Å²) in [4.78, 5) is 5.79. The third kappa shape index (κ3) is 1.62. The number of fused-ring (bicyclic) bond motifs is 3. The lowest BCUT2D eigenvalue weighted by Crippen LogP contribution is -2.32. The van der Waals surface area contributed by atoms with Gasteiger partial charge in [-0.15, -0.1) is 11.3 Å². The maximum absolute atomic E-state index is 4.67. The SMILES string of the molecule is Cc1ccccc1-c1cnc2sc3sccc3c2[n+]1C. The molecular weight excluding hydrogens is 284 g/mol. The molecule has 20 heavy (non-hydrogen) atoms. The summed E-state index contributed by atoms with van der Waals surface area (Å²) >= 11 is 3.57. The lowest BCUT2D eigenvalue weighted by Gasteiger charge is -2.04. The molecule has 98 valence electrons. The molecule has 0 unspecified atom stereocenters. The highest BCUT2D eigenvalue weighted by atomic mass is 32.2. The van der Waals surface area contributed by atoms with Crippen LogP contribution in [0.1, 0.15) is 5.56 Å². The van der Waals surface area contributed by atoms with Gasteiger partial charge in [-0.05, 0) is 30.0 Å². The Bertz CT molecular complexity index is 934. The monoisotopic (exact) mass is 297 g/mol. The molecule has 0 saturated carbocycles. The molecular formula is C16H13N2S2+. The molecule has 0 aliphatic carbocycles. The molecule has 4 heteroatoms. The molecule has 4 aromatic rings. The normalized spacial score (nSPS) is 11.5. The van der Waals surface area contributed by atoms with Gasteiger partial charge in [-0.2, -0.15) is 4.57 Å². The molecule has 3 heterocycles. The van der Waals surface area contributed by atoms with Gasteiger partial charge < -0.3 is 0 Å². The molecule has 0 amide bonds. The molecule has 0 aliphatic rings. The van der Waals surface area contributed by atoms with E-state index in [1.165, 1.54) is 31.7 Å². The van der Waals surface area contributed by atoms with Crippen molar-refractivity contribution in [1.82, 2.24) is 4.98 Å². The summed E-state index contributed by atoms with van der Waals surface area (Å²) in [6.07, 6.45) is 1.99. The van der Waals surface area contributed by atoms with Crippen LogP contribution >= 0.6 is 22.7 Å². The van der Waals surface area contributed by atoms with Crippen LogP contribution < -0.4 is 4.57 Å². The van der Waals surface area contributed by atoms with E-state index in [0.29, 0.717) is 0 Å². The Labute approximate surface area is 125 Å². The average molecular weight is 297 g/mol. The number of benzene rings is 1. The Hall–Kier alpha value is -1.78. The van der Waals surface area contributed by atoms with Crippen LogP contribution in [0.25, 0.3) is 31.0 Å². The Kier molecular flexibility index (Phi) is 2.62. The highest BCUT2D eigenvalue weighted by molar-refractivity contribution is 7.40. The molecule has 0 saturated heterocycles. The standard InChI is InChI=1S/C16H13N2S2/c1-10-5-3-4-6-11(10)13-9-17-15-14(18(13)2)12-7-8-19-16(12)20-15/h3-9H,1-2H3/q+1. The van der Waals surface area contributed by atoms with Crippen LogP contribution in [0.5, 0.6) is 0 Å². The van der Waals surface area contributed by atoms with Crippen molar-refractivity contribution < 1.29 is 4.57 Å². The van der Waals surface area contributed by atoms with Crippen LogP contribution in [0.4, 0.5) is 0 Å². The van der Waals surface area contributed by atoms with Crippen molar-refractivity contribution in [2.45, 2.75) is 6.92 Å². The van der Waals surface area contributed by atoms with Gasteiger partial charge in [-0.1, -0.05) is 29.5 Å². The predicted octanol–water partition coefficient (Wildman–Crippen LogP) is 4.31. The maximum Gasteiger partial charge on any atom is 0.251 e. The van der Waals surface area contributed by atoms with E-state index in [4.69, 9.17) is 0 Å². The van der Waals surface area contributed by atoms with Crippen LogP contribution in [-0.4, -0.2) is 4.98 Å². The lowest BCUT2D eigenvalue weighted by molar-refractivity contribution is -0.633. The molecule has 0 aliphatic heterocycles. The smallest absolute Gasteiger partial charge is 0.232 e. The number of hydrogen-bond donors (Lipinski definition) is 0. The number of aromatic nitrogens is 2. The summed E-state index contributed by atoms with van der Waals surface area (Å²) in [7, 11) is 2.13. The zero-order valence-corrected chi connectivity index (χ0v) is 12.9. The van der Waals surface area contributed by atoms with Gasteiger partial charge in [0.15, 0.2) is 4.83 Å². The zero-order valence-electron chi connectivity index (χ0n) is 11.3. The van der Waals surface area contributed by atoms with E-state index in [-0.39, 0.29) is 0 Å². The topological polar surface area (TPSA) is 16.8 Å². The molecule has 0 bridgehead atoms. The maximum atomic E-state index is 4.67. The van der Waals surface area contributed by atoms with Gasteiger partial charge in [-0.3, -0.25) is 0 Å². The second kappa shape index (κ2) is 4.36.